The lowest BCUT2D eigenvalue weighted by atomic mass is 10.1. The summed E-state index contributed by atoms with van der Waals surface area (Å²) in [6.07, 6.45) is 4.13. The van der Waals surface area contributed by atoms with Crippen LogP contribution >= 0.6 is 15.9 Å². The van der Waals surface area contributed by atoms with E-state index in [9.17, 15) is 0 Å². The molecule has 0 radical (unpaired) electrons. The predicted octanol–water partition coefficient (Wildman–Crippen LogP) is 3.48. The minimum atomic E-state index is 0.152. The van der Waals surface area contributed by atoms with E-state index in [4.69, 9.17) is 4.74 Å². The lowest BCUT2D eigenvalue weighted by molar-refractivity contribution is 0.171. The zero-order valence-electron chi connectivity index (χ0n) is 9.61. The van der Waals surface area contributed by atoms with Crippen LogP contribution in [0.1, 0.15) is 12.0 Å². The molecule has 0 aliphatic carbocycles. The summed E-state index contributed by atoms with van der Waals surface area (Å²) in [5, 5.41) is 1.46. The molecule has 3 heteroatoms. The van der Waals surface area contributed by atoms with Gasteiger partial charge in [0.25, 0.3) is 0 Å². The maximum Gasteiger partial charge on any atom is 0.112 e. The SMILES string of the molecule is COC(Br)CCc1ccc2c(ccn2C)c1. The lowest BCUT2D eigenvalue weighted by Crippen LogP contribution is -2.01. The van der Waals surface area contributed by atoms with Gasteiger partial charge in [0, 0.05) is 25.9 Å². The number of aromatic nitrogens is 1. The third-order valence-corrected chi connectivity index (χ3v) is 3.70. The Labute approximate surface area is 104 Å². The Morgan fingerprint density at radius 2 is 2.19 bits per heavy atom. The monoisotopic (exact) mass is 281 g/mol. The molecule has 0 amide bonds. The lowest BCUT2D eigenvalue weighted by Gasteiger charge is -2.07. The van der Waals surface area contributed by atoms with Gasteiger partial charge in [-0.15, -0.1) is 0 Å². The fourth-order valence-corrected chi connectivity index (χ4v) is 2.11. The number of aryl methyl sites for hydroxylation is 2. The zero-order valence-corrected chi connectivity index (χ0v) is 11.2. The molecule has 0 fully saturated rings. The number of halogens is 1. The molecule has 86 valence electrons. The number of ether oxygens (including phenoxy) is 1. The van der Waals surface area contributed by atoms with Crippen molar-refractivity contribution in [3.05, 3.63) is 36.0 Å². The van der Waals surface area contributed by atoms with E-state index >= 15 is 0 Å². The van der Waals surface area contributed by atoms with Crippen molar-refractivity contribution in [2.75, 3.05) is 7.11 Å². The maximum atomic E-state index is 5.18. The number of hydrogen-bond acceptors (Lipinski definition) is 1. The van der Waals surface area contributed by atoms with Crippen molar-refractivity contribution >= 4 is 26.8 Å². The molecule has 0 aliphatic rings. The quantitative estimate of drug-likeness (QED) is 0.783. The summed E-state index contributed by atoms with van der Waals surface area (Å²) < 4.78 is 7.32. The first-order valence-electron chi connectivity index (χ1n) is 5.41. The molecule has 2 aromatic rings. The van der Waals surface area contributed by atoms with Crippen LogP contribution in [0.2, 0.25) is 0 Å². The highest BCUT2D eigenvalue weighted by Gasteiger charge is 2.04. The van der Waals surface area contributed by atoms with Crippen molar-refractivity contribution in [3.63, 3.8) is 0 Å². The molecule has 16 heavy (non-hydrogen) atoms. The minimum absolute atomic E-state index is 0.152. The molecule has 2 rings (SSSR count). The molecule has 1 aromatic heterocycles. The second-order valence-electron chi connectivity index (χ2n) is 4.00. The van der Waals surface area contributed by atoms with E-state index in [-0.39, 0.29) is 5.01 Å². The Morgan fingerprint density at radius 1 is 1.38 bits per heavy atom. The van der Waals surface area contributed by atoms with Crippen molar-refractivity contribution in [1.29, 1.82) is 0 Å². The van der Waals surface area contributed by atoms with E-state index in [0.717, 1.165) is 12.8 Å². The average Bonchev–Trinajstić information content (AvgIpc) is 2.67. The van der Waals surface area contributed by atoms with E-state index < -0.39 is 0 Å². The van der Waals surface area contributed by atoms with Gasteiger partial charge in [-0.05, 0) is 42.0 Å². The summed E-state index contributed by atoms with van der Waals surface area (Å²) in [7, 11) is 3.79. The smallest absolute Gasteiger partial charge is 0.112 e. The van der Waals surface area contributed by atoms with E-state index in [1.54, 1.807) is 7.11 Å². The highest BCUT2D eigenvalue weighted by atomic mass is 79.9. The van der Waals surface area contributed by atoms with Crippen LogP contribution in [0.4, 0.5) is 0 Å². The minimum Gasteiger partial charge on any atom is -0.370 e. The van der Waals surface area contributed by atoms with Crippen LogP contribution in [0.15, 0.2) is 30.5 Å². The van der Waals surface area contributed by atoms with Crippen LogP contribution in [-0.2, 0) is 18.2 Å². The number of rotatable bonds is 4. The van der Waals surface area contributed by atoms with Gasteiger partial charge in [0.2, 0.25) is 0 Å². The van der Waals surface area contributed by atoms with Gasteiger partial charge in [0.15, 0.2) is 0 Å². The van der Waals surface area contributed by atoms with E-state index in [1.165, 1.54) is 16.5 Å². The molecular weight excluding hydrogens is 266 g/mol. The Morgan fingerprint density at radius 3 is 2.94 bits per heavy atom. The fraction of sp³-hybridized carbons (Fsp3) is 0.385. The van der Waals surface area contributed by atoms with Crippen LogP contribution in [0, 0.1) is 0 Å². The first kappa shape index (κ1) is 11.7. The summed E-state index contributed by atoms with van der Waals surface area (Å²) >= 11 is 3.46. The largest absolute Gasteiger partial charge is 0.370 e. The fourth-order valence-electron chi connectivity index (χ4n) is 1.88. The van der Waals surface area contributed by atoms with Crippen LogP contribution in [0.3, 0.4) is 0 Å². The van der Waals surface area contributed by atoms with Gasteiger partial charge in [0.1, 0.15) is 5.01 Å². The van der Waals surface area contributed by atoms with Gasteiger partial charge in [-0.2, -0.15) is 0 Å². The number of nitrogens with zero attached hydrogens (tertiary/aromatic N) is 1. The van der Waals surface area contributed by atoms with Crippen LogP contribution in [0.25, 0.3) is 10.9 Å². The number of methoxy groups -OCH3 is 1. The van der Waals surface area contributed by atoms with Crippen molar-refractivity contribution in [3.8, 4) is 0 Å². The van der Waals surface area contributed by atoms with Gasteiger partial charge in [0.05, 0.1) is 0 Å². The predicted molar refractivity (Wildman–Crippen MR) is 71.0 cm³/mol. The van der Waals surface area contributed by atoms with E-state index in [1.807, 2.05) is 0 Å². The Bertz CT molecular complexity index is 478. The first-order chi connectivity index (χ1) is 7.70. The Balaban J connectivity index is 2.14. The molecule has 0 saturated heterocycles. The first-order valence-corrected chi connectivity index (χ1v) is 6.33. The number of hydrogen-bond donors (Lipinski definition) is 0. The van der Waals surface area contributed by atoms with Gasteiger partial charge in [-0.25, -0.2) is 0 Å². The number of alkyl halides is 1. The van der Waals surface area contributed by atoms with Gasteiger partial charge in [-0.1, -0.05) is 22.0 Å². The number of benzene rings is 1. The van der Waals surface area contributed by atoms with Gasteiger partial charge < -0.3 is 9.30 Å². The molecule has 1 aromatic carbocycles. The average molecular weight is 282 g/mol. The maximum absolute atomic E-state index is 5.18. The summed E-state index contributed by atoms with van der Waals surface area (Å²) in [6.45, 7) is 0. The van der Waals surface area contributed by atoms with Crippen LogP contribution in [0.5, 0.6) is 0 Å². The number of fused-ring (bicyclic) bond motifs is 1. The third kappa shape index (κ3) is 2.47. The van der Waals surface area contributed by atoms with Crippen LogP contribution in [-0.4, -0.2) is 16.7 Å². The molecule has 0 saturated carbocycles. The van der Waals surface area contributed by atoms with Crippen molar-refractivity contribution in [2.45, 2.75) is 17.9 Å². The van der Waals surface area contributed by atoms with Gasteiger partial charge in [-0.3, -0.25) is 0 Å². The zero-order chi connectivity index (χ0) is 11.5. The molecule has 1 heterocycles. The van der Waals surface area contributed by atoms with Crippen molar-refractivity contribution in [1.82, 2.24) is 4.57 Å². The topological polar surface area (TPSA) is 14.2 Å². The third-order valence-electron chi connectivity index (χ3n) is 2.87. The molecule has 0 aliphatic heterocycles. The molecule has 0 bridgehead atoms. The second kappa shape index (κ2) is 5.02. The summed E-state index contributed by atoms with van der Waals surface area (Å²) in [5.74, 6) is 0. The molecular formula is C13H16BrNO. The van der Waals surface area contributed by atoms with Crippen molar-refractivity contribution < 1.29 is 4.74 Å². The Hall–Kier alpha value is -0.800. The summed E-state index contributed by atoms with van der Waals surface area (Å²) in [4.78, 5) is 0. The molecule has 0 spiro atoms. The standard InChI is InChI=1S/C13H16BrNO/c1-15-8-7-11-9-10(3-5-12(11)15)4-6-13(14)16-2/h3,5,7-9,13H,4,6H2,1-2H3. The Kier molecular flexibility index (Phi) is 3.66. The molecule has 2 nitrogen and oxygen atoms in total. The van der Waals surface area contributed by atoms with Gasteiger partial charge >= 0.3 is 0 Å². The van der Waals surface area contributed by atoms with E-state index in [2.05, 4.69) is 58.0 Å². The van der Waals surface area contributed by atoms with Crippen LogP contribution < -0.4 is 0 Å². The molecule has 1 unspecified atom stereocenters. The van der Waals surface area contributed by atoms with Crippen molar-refractivity contribution in [2.24, 2.45) is 7.05 Å². The second-order valence-corrected chi connectivity index (χ2v) is 5.03. The summed E-state index contributed by atoms with van der Waals surface area (Å²) in [6, 6.07) is 8.78. The normalized spacial score (nSPS) is 13.2. The highest BCUT2D eigenvalue weighted by Crippen LogP contribution is 2.19. The molecule has 0 N–H and O–H groups in total. The summed E-state index contributed by atoms with van der Waals surface area (Å²) in [5.41, 5.74) is 2.64. The highest BCUT2D eigenvalue weighted by molar-refractivity contribution is 9.09. The van der Waals surface area contributed by atoms with E-state index in [0.29, 0.717) is 0 Å². The molecule has 1 atom stereocenters.